The molecule has 1 aromatic rings. The number of halogens is 1. The molecule has 1 aliphatic rings. The van der Waals surface area contributed by atoms with E-state index in [1.54, 1.807) is 0 Å². The van der Waals surface area contributed by atoms with Gasteiger partial charge in [-0.3, -0.25) is 4.90 Å². The van der Waals surface area contributed by atoms with E-state index in [4.69, 9.17) is 4.43 Å². The molecule has 1 atom stereocenters. The van der Waals surface area contributed by atoms with Crippen molar-refractivity contribution in [2.75, 3.05) is 32.8 Å². The Morgan fingerprint density at radius 3 is 2.17 bits per heavy atom. The van der Waals surface area contributed by atoms with Crippen LogP contribution >= 0.6 is 12.4 Å². The van der Waals surface area contributed by atoms with Crippen molar-refractivity contribution in [3.05, 3.63) is 29.8 Å². The third-order valence-electron chi connectivity index (χ3n) is 4.28. The average Bonchev–Trinajstić information content (AvgIpc) is 2.49. The molecule has 0 aliphatic carbocycles. The van der Waals surface area contributed by atoms with Gasteiger partial charge in [-0.1, -0.05) is 26.0 Å². The summed E-state index contributed by atoms with van der Waals surface area (Å²) in [6.07, 6.45) is 0. The minimum atomic E-state index is -1.58. The summed E-state index contributed by atoms with van der Waals surface area (Å²) in [7, 11) is -1.58. The van der Waals surface area contributed by atoms with E-state index in [0.717, 1.165) is 31.9 Å². The molecule has 1 fully saturated rings. The van der Waals surface area contributed by atoms with E-state index in [9.17, 15) is 5.11 Å². The molecule has 1 aromatic carbocycles. The van der Waals surface area contributed by atoms with E-state index >= 15 is 0 Å². The van der Waals surface area contributed by atoms with Crippen LogP contribution < -0.4 is 9.74 Å². The Labute approximate surface area is 154 Å². The van der Waals surface area contributed by atoms with Crippen LogP contribution in [0.4, 0.5) is 0 Å². The first-order valence-corrected chi connectivity index (χ1v) is 12.0. The molecule has 0 aromatic heterocycles. The summed E-state index contributed by atoms with van der Waals surface area (Å²) in [4.78, 5) is 2.49. The summed E-state index contributed by atoms with van der Waals surface area (Å²) in [6, 6.07) is 8.71. The molecule has 4 nitrogen and oxygen atoms in total. The van der Waals surface area contributed by atoms with Crippen molar-refractivity contribution in [1.82, 2.24) is 10.2 Å². The number of aliphatic hydroxyl groups is 1. The van der Waals surface area contributed by atoms with Gasteiger partial charge in [0.25, 0.3) is 0 Å². The molecule has 1 heterocycles. The Morgan fingerprint density at radius 1 is 1.17 bits per heavy atom. The van der Waals surface area contributed by atoms with Gasteiger partial charge in [0.1, 0.15) is 5.75 Å². The number of rotatable bonds is 6. The predicted octanol–water partition coefficient (Wildman–Crippen LogP) is 3.29. The first kappa shape index (κ1) is 21.4. The quantitative estimate of drug-likeness (QED) is 0.752. The summed E-state index contributed by atoms with van der Waals surface area (Å²) in [5, 5.41) is 13.3. The highest BCUT2D eigenvalue weighted by Gasteiger charge is 2.35. The van der Waals surface area contributed by atoms with Gasteiger partial charge in [0.2, 0.25) is 8.32 Å². The Kier molecular flexibility index (Phi) is 7.75. The molecule has 0 spiro atoms. The molecule has 1 saturated heterocycles. The van der Waals surface area contributed by atoms with Gasteiger partial charge >= 0.3 is 0 Å². The molecule has 2 N–H and O–H groups in total. The predicted molar refractivity (Wildman–Crippen MR) is 106 cm³/mol. The second-order valence-electron chi connectivity index (χ2n) is 8.12. The minimum Gasteiger partial charge on any atom is -0.544 e. The van der Waals surface area contributed by atoms with E-state index in [1.807, 2.05) is 0 Å². The maximum Gasteiger partial charge on any atom is 0.242 e. The lowest BCUT2D eigenvalue weighted by Crippen LogP contribution is -2.49. The molecule has 138 valence electrons. The summed E-state index contributed by atoms with van der Waals surface area (Å²) in [6.45, 7) is 15.1. The number of hydrogen-bond acceptors (Lipinski definition) is 4. The molecule has 1 aliphatic heterocycles. The van der Waals surface area contributed by atoms with Gasteiger partial charge in [0.05, 0.1) is 0 Å². The fourth-order valence-corrected chi connectivity index (χ4v) is 4.10. The maximum atomic E-state index is 9.90. The van der Waals surface area contributed by atoms with Crippen LogP contribution in [-0.2, 0) is 0 Å². The molecular formula is C18H33ClN2O2Si. The molecule has 0 saturated carbocycles. The number of piperazine rings is 1. The van der Waals surface area contributed by atoms with Crippen LogP contribution in [0.3, 0.4) is 0 Å². The van der Waals surface area contributed by atoms with Crippen LogP contribution in [0.5, 0.6) is 5.75 Å². The fourth-order valence-electron chi connectivity index (χ4n) is 3.25. The van der Waals surface area contributed by atoms with E-state index in [0.29, 0.717) is 0 Å². The lowest BCUT2D eigenvalue weighted by atomic mass is 9.79. The number of hydrogen-bond donors (Lipinski definition) is 2. The first-order valence-electron chi connectivity index (χ1n) is 8.57. The highest BCUT2D eigenvalue weighted by molar-refractivity contribution is 6.70. The largest absolute Gasteiger partial charge is 0.544 e. The molecule has 6 heteroatoms. The van der Waals surface area contributed by atoms with E-state index in [2.05, 4.69) is 68.0 Å². The van der Waals surface area contributed by atoms with Crippen LogP contribution in [0.15, 0.2) is 24.3 Å². The molecule has 24 heavy (non-hydrogen) atoms. The van der Waals surface area contributed by atoms with Gasteiger partial charge in [0, 0.05) is 44.2 Å². The van der Waals surface area contributed by atoms with Crippen LogP contribution in [0.2, 0.25) is 19.6 Å². The Hall–Kier alpha value is -0.593. The van der Waals surface area contributed by atoms with Crippen LogP contribution in [0, 0.1) is 5.41 Å². The molecule has 2 rings (SSSR count). The number of nitrogens with one attached hydrogen (secondary N) is 1. The topological polar surface area (TPSA) is 44.7 Å². The zero-order valence-electron chi connectivity index (χ0n) is 15.6. The van der Waals surface area contributed by atoms with E-state index in [-0.39, 0.29) is 30.5 Å². The molecule has 0 amide bonds. The van der Waals surface area contributed by atoms with Gasteiger partial charge in [-0.25, -0.2) is 0 Å². The third-order valence-corrected chi connectivity index (χ3v) is 5.13. The number of nitrogens with zero attached hydrogens (tertiary/aromatic N) is 1. The van der Waals surface area contributed by atoms with Crippen molar-refractivity contribution >= 4 is 20.7 Å². The zero-order valence-corrected chi connectivity index (χ0v) is 17.4. The van der Waals surface area contributed by atoms with Crippen LogP contribution in [-0.4, -0.2) is 51.1 Å². The fraction of sp³-hybridized carbons (Fsp3) is 0.667. The van der Waals surface area contributed by atoms with Crippen molar-refractivity contribution in [2.45, 2.75) is 39.5 Å². The zero-order chi connectivity index (χ0) is 17.1. The van der Waals surface area contributed by atoms with Gasteiger partial charge in [-0.05, 0) is 37.3 Å². The van der Waals surface area contributed by atoms with Crippen molar-refractivity contribution in [1.29, 1.82) is 0 Å². The van der Waals surface area contributed by atoms with E-state index < -0.39 is 8.32 Å². The summed E-state index contributed by atoms with van der Waals surface area (Å²) in [5.74, 6) is 0.953. The standard InChI is InChI=1S/C18H32N2O2Si.ClH/c1-18(2,14-21)17(20-12-10-19-11-13-20)15-6-8-16(9-7-15)22-23(3,4)5;/h6-9,17,19,21H,10-14H2,1-5H3;1H/t17-;/m0./s1. The normalized spacial score (nSPS) is 17.9. The molecule has 0 bridgehead atoms. The number of benzene rings is 1. The minimum absolute atomic E-state index is 0. The van der Waals surface area contributed by atoms with Gasteiger partial charge < -0.3 is 14.8 Å². The molecule has 0 unspecified atom stereocenters. The second-order valence-corrected chi connectivity index (χ2v) is 12.5. The Balaban J connectivity index is 0.00000288. The Bertz CT molecular complexity index is 497. The molecular weight excluding hydrogens is 340 g/mol. The van der Waals surface area contributed by atoms with Crippen LogP contribution in [0.25, 0.3) is 0 Å². The second kappa shape index (κ2) is 8.67. The van der Waals surface area contributed by atoms with Crippen molar-refractivity contribution in [3.63, 3.8) is 0 Å². The Morgan fingerprint density at radius 2 is 1.71 bits per heavy atom. The van der Waals surface area contributed by atoms with Crippen molar-refractivity contribution in [2.24, 2.45) is 5.41 Å². The maximum absolute atomic E-state index is 9.90. The summed E-state index contributed by atoms with van der Waals surface area (Å²) < 4.78 is 6.06. The third kappa shape index (κ3) is 5.74. The van der Waals surface area contributed by atoms with Crippen molar-refractivity contribution < 1.29 is 9.53 Å². The van der Waals surface area contributed by atoms with Crippen molar-refractivity contribution in [3.8, 4) is 5.75 Å². The van der Waals surface area contributed by atoms with Gasteiger partial charge in [0.15, 0.2) is 0 Å². The monoisotopic (exact) mass is 372 g/mol. The lowest BCUT2D eigenvalue weighted by Gasteiger charge is -2.43. The summed E-state index contributed by atoms with van der Waals surface area (Å²) >= 11 is 0. The molecule has 0 radical (unpaired) electrons. The van der Waals surface area contributed by atoms with Gasteiger partial charge in [-0.15, -0.1) is 12.4 Å². The first-order chi connectivity index (χ1) is 10.7. The van der Waals surface area contributed by atoms with E-state index in [1.165, 1.54) is 5.56 Å². The lowest BCUT2D eigenvalue weighted by molar-refractivity contribution is 0.0305. The van der Waals surface area contributed by atoms with Gasteiger partial charge in [-0.2, -0.15) is 0 Å². The average molecular weight is 373 g/mol. The SMILES string of the molecule is CC(C)(CO)[C@H](c1ccc(O[Si](C)(C)C)cc1)N1CCNCC1.Cl. The highest BCUT2D eigenvalue weighted by atomic mass is 35.5. The number of aliphatic hydroxyl groups excluding tert-OH is 1. The van der Waals surface area contributed by atoms with Crippen LogP contribution in [0.1, 0.15) is 25.5 Å². The highest BCUT2D eigenvalue weighted by Crippen LogP contribution is 2.38. The summed E-state index contributed by atoms with van der Waals surface area (Å²) in [5.41, 5.74) is 1.08. The smallest absolute Gasteiger partial charge is 0.242 e.